The second-order valence-corrected chi connectivity index (χ2v) is 3.49. The number of nitrogens with one attached hydrogen (secondary N) is 1. The molecule has 0 radical (unpaired) electrons. The summed E-state index contributed by atoms with van der Waals surface area (Å²) in [6.07, 6.45) is 0. The van der Waals surface area contributed by atoms with Gasteiger partial charge in [-0.2, -0.15) is 13.9 Å². The Hall–Kier alpha value is -2.51. The summed E-state index contributed by atoms with van der Waals surface area (Å²) >= 11 is 0. The Kier molecular flexibility index (Phi) is 3.41. The topological polar surface area (TPSA) is 75.2 Å². The molecule has 100 valence electrons. The van der Waals surface area contributed by atoms with Crippen molar-refractivity contribution in [2.75, 3.05) is 0 Å². The number of carbonyl (C=O) groups is 1. The molecule has 0 atom stereocenters. The van der Waals surface area contributed by atoms with E-state index in [4.69, 9.17) is 5.11 Å². The molecule has 0 bridgehead atoms. The quantitative estimate of drug-likeness (QED) is 0.896. The van der Waals surface area contributed by atoms with Gasteiger partial charge in [-0.15, -0.1) is 0 Å². The zero-order valence-electron chi connectivity index (χ0n) is 9.23. The lowest BCUT2D eigenvalue weighted by Crippen LogP contribution is -2.02. The van der Waals surface area contributed by atoms with E-state index in [0.717, 1.165) is 18.2 Å². The van der Waals surface area contributed by atoms with Crippen LogP contribution in [0, 0.1) is 5.82 Å². The summed E-state index contributed by atoms with van der Waals surface area (Å²) in [6, 6.07) is 4.22. The van der Waals surface area contributed by atoms with Gasteiger partial charge < -0.3 is 9.84 Å². The monoisotopic (exact) mass is 272 g/mol. The van der Waals surface area contributed by atoms with Crippen molar-refractivity contribution in [3.63, 3.8) is 0 Å². The maximum absolute atomic E-state index is 13.7. The number of aromatic amines is 1. The number of aromatic nitrogens is 2. The molecule has 19 heavy (non-hydrogen) atoms. The first-order valence-corrected chi connectivity index (χ1v) is 5.01. The molecule has 0 fully saturated rings. The second kappa shape index (κ2) is 5.01. The van der Waals surface area contributed by atoms with Crippen LogP contribution in [0.4, 0.5) is 13.2 Å². The number of hydrogen-bond acceptors (Lipinski definition) is 3. The van der Waals surface area contributed by atoms with Gasteiger partial charge in [0.05, 0.1) is 5.69 Å². The number of ether oxygens (including phenoxy) is 1. The average Bonchev–Trinajstić information content (AvgIpc) is 2.77. The van der Waals surface area contributed by atoms with Crippen molar-refractivity contribution in [1.29, 1.82) is 0 Å². The molecule has 0 aliphatic carbocycles. The molecule has 2 N–H and O–H groups in total. The summed E-state index contributed by atoms with van der Waals surface area (Å²) in [4.78, 5) is 10.6. The van der Waals surface area contributed by atoms with Crippen molar-refractivity contribution in [3.8, 4) is 17.0 Å². The molecule has 1 aromatic heterocycles. The summed E-state index contributed by atoms with van der Waals surface area (Å²) in [5.74, 6) is -2.41. The number of alkyl halides is 2. The van der Waals surface area contributed by atoms with Crippen LogP contribution in [0.2, 0.25) is 0 Å². The number of halogens is 3. The van der Waals surface area contributed by atoms with Gasteiger partial charge in [0.2, 0.25) is 0 Å². The van der Waals surface area contributed by atoms with E-state index in [2.05, 4.69) is 14.9 Å². The Balaban J connectivity index is 2.32. The zero-order chi connectivity index (χ0) is 14.0. The Morgan fingerprint density at radius 1 is 1.37 bits per heavy atom. The number of benzene rings is 1. The van der Waals surface area contributed by atoms with E-state index >= 15 is 0 Å². The van der Waals surface area contributed by atoms with Crippen molar-refractivity contribution in [1.82, 2.24) is 10.2 Å². The van der Waals surface area contributed by atoms with Gasteiger partial charge >= 0.3 is 12.6 Å². The minimum Gasteiger partial charge on any atom is -0.477 e. The first-order valence-electron chi connectivity index (χ1n) is 5.01. The SMILES string of the molecule is O=C(O)c1cc(-c2ccc(OC(F)F)cc2F)n[nH]1. The Morgan fingerprint density at radius 3 is 2.63 bits per heavy atom. The molecule has 5 nitrogen and oxygen atoms in total. The number of rotatable bonds is 4. The van der Waals surface area contributed by atoms with Crippen molar-refractivity contribution < 1.29 is 27.8 Å². The summed E-state index contributed by atoms with van der Waals surface area (Å²) < 4.78 is 41.6. The lowest BCUT2D eigenvalue weighted by molar-refractivity contribution is -0.0499. The number of H-pyrrole nitrogens is 1. The number of carboxylic acid groups (broad SMARTS) is 1. The highest BCUT2D eigenvalue weighted by atomic mass is 19.3. The Bertz CT molecular complexity index is 613. The van der Waals surface area contributed by atoms with Gasteiger partial charge in [-0.05, 0) is 18.2 Å². The number of nitrogens with zero attached hydrogens (tertiary/aromatic N) is 1. The van der Waals surface area contributed by atoms with Crippen LogP contribution in [-0.2, 0) is 0 Å². The largest absolute Gasteiger partial charge is 0.477 e. The lowest BCUT2D eigenvalue weighted by atomic mass is 10.1. The zero-order valence-corrected chi connectivity index (χ0v) is 9.23. The molecule has 0 saturated carbocycles. The molecule has 0 spiro atoms. The number of aromatic carboxylic acids is 1. The highest BCUT2D eigenvalue weighted by molar-refractivity contribution is 5.86. The van der Waals surface area contributed by atoms with Crippen molar-refractivity contribution >= 4 is 5.97 Å². The summed E-state index contributed by atoms with van der Waals surface area (Å²) in [6.45, 7) is -3.05. The fourth-order valence-corrected chi connectivity index (χ4v) is 1.45. The van der Waals surface area contributed by atoms with Crippen LogP contribution in [0.5, 0.6) is 5.75 Å². The third-order valence-electron chi connectivity index (χ3n) is 2.25. The van der Waals surface area contributed by atoms with Gasteiger partial charge in [0, 0.05) is 11.6 Å². The molecule has 2 rings (SSSR count). The predicted molar refractivity (Wildman–Crippen MR) is 57.6 cm³/mol. The Morgan fingerprint density at radius 2 is 2.11 bits per heavy atom. The smallest absolute Gasteiger partial charge is 0.387 e. The molecule has 0 amide bonds. The molecule has 1 aromatic carbocycles. The maximum Gasteiger partial charge on any atom is 0.387 e. The molecule has 0 saturated heterocycles. The molecule has 8 heteroatoms. The van der Waals surface area contributed by atoms with Crippen molar-refractivity contribution in [3.05, 3.63) is 35.8 Å². The standard InChI is InChI=1S/C11H7F3N2O3/c12-7-3-5(19-11(13)14)1-2-6(7)8-4-9(10(17)18)16-15-8/h1-4,11H,(H,15,16)(H,17,18). The fourth-order valence-electron chi connectivity index (χ4n) is 1.45. The molecular formula is C11H7F3N2O3. The van der Waals surface area contributed by atoms with Crippen molar-refractivity contribution in [2.45, 2.75) is 6.61 Å². The minimum atomic E-state index is -3.05. The van der Waals surface area contributed by atoms with Crippen LogP contribution in [0.3, 0.4) is 0 Å². The number of carboxylic acids is 1. The fraction of sp³-hybridized carbons (Fsp3) is 0.0909. The molecular weight excluding hydrogens is 265 g/mol. The summed E-state index contributed by atoms with van der Waals surface area (Å²) in [5.41, 5.74) is -0.175. The van der Waals surface area contributed by atoms with E-state index in [1.807, 2.05) is 0 Å². The molecule has 0 unspecified atom stereocenters. The van der Waals surface area contributed by atoms with Crippen LogP contribution < -0.4 is 4.74 Å². The molecule has 1 heterocycles. The van der Waals surface area contributed by atoms with Gasteiger partial charge in [-0.1, -0.05) is 0 Å². The van der Waals surface area contributed by atoms with Crippen LogP contribution in [0.25, 0.3) is 11.3 Å². The van der Waals surface area contributed by atoms with Gasteiger partial charge in [-0.3, -0.25) is 5.10 Å². The van der Waals surface area contributed by atoms with Crippen LogP contribution in [-0.4, -0.2) is 27.9 Å². The van der Waals surface area contributed by atoms with Gasteiger partial charge in [0.1, 0.15) is 17.3 Å². The van der Waals surface area contributed by atoms with Crippen molar-refractivity contribution in [2.24, 2.45) is 0 Å². The molecule has 0 aliphatic rings. The van der Waals surface area contributed by atoms with E-state index in [9.17, 15) is 18.0 Å². The normalized spacial score (nSPS) is 10.7. The maximum atomic E-state index is 13.7. The van der Waals surface area contributed by atoms with E-state index < -0.39 is 18.4 Å². The summed E-state index contributed by atoms with van der Waals surface area (Å²) in [5, 5.41) is 14.5. The van der Waals surface area contributed by atoms with E-state index in [0.29, 0.717) is 0 Å². The third-order valence-corrected chi connectivity index (χ3v) is 2.25. The van der Waals surface area contributed by atoms with Crippen LogP contribution in [0.1, 0.15) is 10.5 Å². The van der Waals surface area contributed by atoms with Crippen LogP contribution >= 0.6 is 0 Å². The summed E-state index contributed by atoms with van der Waals surface area (Å²) in [7, 11) is 0. The lowest BCUT2D eigenvalue weighted by Gasteiger charge is -2.05. The third kappa shape index (κ3) is 2.84. The van der Waals surface area contributed by atoms with Gasteiger partial charge in [-0.25, -0.2) is 9.18 Å². The second-order valence-electron chi connectivity index (χ2n) is 3.49. The van der Waals surface area contributed by atoms with E-state index in [1.165, 1.54) is 6.07 Å². The first kappa shape index (κ1) is 12.9. The van der Waals surface area contributed by atoms with Crippen LogP contribution in [0.15, 0.2) is 24.3 Å². The highest BCUT2D eigenvalue weighted by Crippen LogP contribution is 2.26. The number of hydrogen-bond donors (Lipinski definition) is 2. The van der Waals surface area contributed by atoms with Gasteiger partial charge in [0.15, 0.2) is 0 Å². The minimum absolute atomic E-state index is 0.0228. The molecule has 0 aliphatic heterocycles. The highest BCUT2D eigenvalue weighted by Gasteiger charge is 2.14. The first-order chi connectivity index (χ1) is 8.97. The van der Waals surface area contributed by atoms with Gasteiger partial charge in [0.25, 0.3) is 0 Å². The van der Waals surface area contributed by atoms with E-state index in [1.54, 1.807) is 0 Å². The average molecular weight is 272 g/mol. The van der Waals surface area contributed by atoms with E-state index in [-0.39, 0.29) is 22.7 Å². The Labute approximate surface area is 104 Å². The predicted octanol–water partition coefficient (Wildman–Crippen LogP) is 2.52. The molecule has 2 aromatic rings.